The number of benzene rings is 5. The van der Waals surface area contributed by atoms with E-state index in [1.54, 1.807) is 24.5 Å². The highest BCUT2D eigenvalue weighted by molar-refractivity contribution is 6.09. The number of nitrogens with zero attached hydrogens (tertiary/aromatic N) is 1. The van der Waals surface area contributed by atoms with Crippen molar-refractivity contribution in [2.75, 3.05) is 11.1 Å². The molecule has 0 unspecified atom stereocenters. The van der Waals surface area contributed by atoms with Gasteiger partial charge in [-0.2, -0.15) is 0 Å². The molecule has 57 heavy (non-hydrogen) atoms. The number of amides is 1. The molecule has 1 heterocycles. The molecule has 3 N–H and O–H groups in total. The Morgan fingerprint density at radius 3 is 1.60 bits per heavy atom. The first-order chi connectivity index (χ1) is 26.9. The van der Waals surface area contributed by atoms with Gasteiger partial charge in [0.1, 0.15) is 11.2 Å². The van der Waals surface area contributed by atoms with Crippen molar-refractivity contribution in [2.45, 2.75) is 73.5 Å². The summed E-state index contributed by atoms with van der Waals surface area (Å²) < 4.78 is 11.0. The molecule has 292 valence electrons. The largest absolute Gasteiger partial charge is 0.456 e. The van der Waals surface area contributed by atoms with E-state index in [0.717, 1.165) is 44.5 Å². The van der Waals surface area contributed by atoms with E-state index < -0.39 is 23.1 Å². The normalized spacial score (nSPS) is 11.2. The highest BCUT2D eigenvalue weighted by Gasteiger charge is 2.23. The zero-order chi connectivity index (χ0) is 41.5. The van der Waals surface area contributed by atoms with Crippen LogP contribution in [-0.2, 0) is 9.47 Å². The van der Waals surface area contributed by atoms with Crippen LogP contribution in [0.4, 0.5) is 11.4 Å². The van der Waals surface area contributed by atoms with E-state index in [9.17, 15) is 14.4 Å². The molecule has 0 spiro atoms. The summed E-state index contributed by atoms with van der Waals surface area (Å²) in [6, 6.07) is 36.5. The van der Waals surface area contributed by atoms with Gasteiger partial charge in [-0.05, 0) is 143 Å². The van der Waals surface area contributed by atoms with Crippen LogP contribution in [0.3, 0.4) is 0 Å². The van der Waals surface area contributed by atoms with E-state index in [0.29, 0.717) is 28.1 Å². The van der Waals surface area contributed by atoms with Gasteiger partial charge in [0.25, 0.3) is 5.91 Å². The van der Waals surface area contributed by atoms with Crippen molar-refractivity contribution in [3.8, 4) is 33.4 Å². The first kappa shape index (κ1) is 41.6. The van der Waals surface area contributed by atoms with Crippen LogP contribution in [-0.4, -0.2) is 34.0 Å². The third kappa shape index (κ3) is 11.0. The fourth-order valence-corrected chi connectivity index (χ4v) is 6.14. The van der Waals surface area contributed by atoms with Gasteiger partial charge in [-0.3, -0.25) is 9.78 Å². The lowest BCUT2D eigenvalue weighted by atomic mass is 9.97. The van der Waals surface area contributed by atoms with E-state index in [1.165, 1.54) is 5.56 Å². The molecule has 0 aliphatic rings. The number of nitrogens with two attached hydrogens (primary N) is 1. The number of hydrogen-bond donors (Lipinski definition) is 2. The van der Waals surface area contributed by atoms with Crippen molar-refractivity contribution in [1.82, 2.24) is 4.98 Å². The van der Waals surface area contributed by atoms with Crippen LogP contribution >= 0.6 is 0 Å². The summed E-state index contributed by atoms with van der Waals surface area (Å²) in [4.78, 5) is 42.8. The lowest BCUT2D eigenvalue weighted by Gasteiger charge is -2.21. The Morgan fingerprint density at radius 2 is 1.07 bits per heavy atom. The number of aryl methyl sites for hydroxylation is 3. The Balaban J connectivity index is 0.000000251. The SMILES string of the molecule is Cc1ccc(-c2cccnc2)cc1C(=O)Nc1cc(-c2ccccc2C)ccc1C(=O)OC(C)(C)C.Cc1ccccc1-c1ccc(C(=O)OC(C)(C)C)c(N)c1. The number of nitrogen functional groups attached to an aromatic ring is 1. The number of nitrogens with one attached hydrogen (secondary N) is 1. The molecule has 6 rings (SSSR count). The second kappa shape index (κ2) is 17.5. The second-order valence-corrected chi connectivity index (χ2v) is 15.9. The number of esters is 2. The van der Waals surface area contributed by atoms with Crippen molar-refractivity contribution in [1.29, 1.82) is 0 Å². The number of pyridine rings is 1. The Morgan fingerprint density at radius 1 is 0.544 bits per heavy atom. The summed E-state index contributed by atoms with van der Waals surface area (Å²) in [7, 11) is 0. The van der Waals surface area contributed by atoms with Crippen molar-refractivity contribution in [3.63, 3.8) is 0 Å². The van der Waals surface area contributed by atoms with Gasteiger partial charge in [0.15, 0.2) is 0 Å². The third-order valence-corrected chi connectivity index (χ3v) is 8.95. The van der Waals surface area contributed by atoms with E-state index in [1.807, 2.05) is 165 Å². The molecule has 6 aromatic rings. The summed E-state index contributed by atoms with van der Waals surface area (Å²) in [6.45, 7) is 16.9. The lowest BCUT2D eigenvalue weighted by molar-refractivity contribution is 0.00581. The highest BCUT2D eigenvalue weighted by atomic mass is 16.6. The molecule has 5 aromatic carbocycles. The van der Waals surface area contributed by atoms with E-state index in [-0.39, 0.29) is 5.91 Å². The van der Waals surface area contributed by atoms with E-state index in [2.05, 4.69) is 10.3 Å². The zero-order valence-electron chi connectivity index (χ0n) is 34.2. The van der Waals surface area contributed by atoms with Crippen molar-refractivity contribution in [2.24, 2.45) is 0 Å². The van der Waals surface area contributed by atoms with Crippen LogP contribution in [0.1, 0.15) is 89.3 Å². The minimum absolute atomic E-state index is 0.301. The van der Waals surface area contributed by atoms with E-state index >= 15 is 0 Å². The summed E-state index contributed by atoms with van der Waals surface area (Å²) in [6.07, 6.45) is 3.48. The molecule has 0 atom stereocenters. The van der Waals surface area contributed by atoms with Gasteiger partial charge in [0.2, 0.25) is 0 Å². The average Bonchev–Trinajstić information content (AvgIpc) is 3.14. The van der Waals surface area contributed by atoms with Crippen LogP contribution in [0.5, 0.6) is 0 Å². The molecule has 0 saturated heterocycles. The van der Waals surface area contributed by atoms with Crippen molar-refractivity contribution >= 4 is 29.2 Å². The van der Waals surface area contributed by atoms with Crippen LogP contribution in [0.15, 0.2) is 128 Å². The van der Waals surface area contributed by atoms with Crippen molar-refractivity contribution in [3.05, 3.63) is 161 Å². The molecule has 8 nitrogen and oxygen atoms in total. The van der Waals surface area contributed by atoms with Crippen molar-refractivity contribution < 1.29 is 23.9 Å². The number of hydrogen-bond acceptors (Lipinski definition) is 7. The molecular formula is C49H51N3O5. The molecular weight excluding hydrogens is 711 g/mol. The Kier molecular flexibility index (Phi) is 12.8. The lowest BCUT2D eigenvalue weighted by Crippen LogP contribution is -2.25. The van der Waals surface area contributed by atoms with Gasteiger partial charge in [0, 0.05) is 29.2 Å². The molecule has 0 radical (unpaired) electrons. The van der Waals surface area contributed by atoms with Gasteiger partial charge in [-0.15, -0.1) is 0 Å². The van der Waals surface area contributed by atoms with Gasteiger partial charge in [-0.1, -0.05) is 78.9 Å². The van der Waals surface area contributed by atoms with Gasteiger partial charge in [-0.25, -0.2) is 9.59 Å². The summed E-state index contributed by atoms with van der Waals surface area (Å²) in [5, 5.41) is 2.99. The number of carbonyl (C=O) groups excluding carboxylic acids is 3. The number of rotatable bonds is 7. The fraction of sp³-hybridized carbons (Fsp3) is 0.224. The minimum Gasteiger partial charge on any atom is -0.456 e. The maximum Gasteiger partial charge on any atom is 0.340 e. The molecule has 1 amide bonds. The number of aromatic nitrogens is 1. The van der Waals surface area contributed by atoms with E-state index in [4.69, 9.17) is 15.2 Å². The first-order valence-electron chi connectivity index (χ1n) is 18.8. The molecule has 0 saturated carbocycles. The summed E-state index contributed by atoms with van der Waals surface area (Å²) in [5.74, 6) is -1.18. The van der Waals surface area contributed by atoms with Gasteiger partial charge < -0.3 is 20.5 Å². The molecule has 1 aromatic heterocycles. The Hall–Kier alpha value is -6.54. The predicted molar refractivity (Wildman–Crippen MR) is 230 cm³/mol. The van der Waals surface area contributed by atoms with Crippen LogP contribution < -0.4 is 11.1 Å². The molecule has 8 heteroatoms. The summed E-state index contributed by atoms with van der Waals surface area (Å²) >= 11 is 0. The zero-order valence-corrected chi connectivity index (χ0v) is 34.2. The van der Waals surface area contributed by atoms with Crippen LogP contribution in [0.2, 0.25) is 0 Å². The third-order valence-electron chi connectivity index (χ3n) is 8.95. The highest BCUT2D eigenvalue weighted by Crippen LogP contribution is 2.31. The molecule has 0 aliphatic heterocycles. The van der Waals surface area contributed by atoms with Crippen LogP contribution in [0.25, 0.3) is 33.4 Å². The standard InChI is InChI=1S/C31H30N2O3.C18H21NO2/c1-20-9-6-7-11-25(20)23-14-15-26(30(35)36-31(3,4)5)28(18-23)33-29(34)27-17-22(13-12-21(27)2)24-10-8-16-32-19-24;1-12-7-5-6-8-14(12)13-9-10-15(16(19)11-13)17(20)21-18(2,3)4/h6-19H,1-5H3,(H,33,34);5-11H,19H2,1-4H3. The van der Waals surface area contributed by atoms with Gasteiger partial charge in [0.05, 0.1) is 16.8 Å². The minimum atomic E-state index is -0.665. The number of carbonyl (C=O) groups is 3. The maximum absolute atomic E-state index is 13.5. The maximum atomic E-state index is 13.5. The summed E-state index contributed by atoms with van der Waals surface area (Å²) in [5.41, 5.74) is 15.8. The predicted octanol–water partition coefficient (Wildman–Crippen LogP) is 11.4. The molecule has 0 aliphatic carbocycles. The molecule has 0 fully saturated rings. The van der Waals surface area contributed by atoms with Crippen LogP contribution in [0, 0.1) is 20.8 Å². The Bertz CT molecular complexity index is 2410. The monoisotopic (exact) mass is 761 g/mol. The second-order valence-electron chi connectivity index (χ2n) is 15.9. The average molecular weight is 762 g/mol. The topological polar surface area (TPSA) is 121 Å². The number of ether oxygens (including phenoxy) is 2. The smallest absolute Gasteiger partial charge is 0.340 e. The Labute approximate surface area is 336 Å². The van der Waals surface area contributed by atoms with Gasteiger partial charge >= 0.3 is 11.9 Å². The fourth-order valence-electron chi connectivity index (χ4n) is 6.14. The molecule has 0 bridgehead atoms. The quantitative estimate of drug-likeness (QED) is 0.123. The number of anilines is 2. The first-order valence-corrected chi connectivity index (χ1v) is 18.8.